The van der Waals surface area contributed by atoms with Crippen molar-refractivity contribution in [3.8, 4) is 6.19 Å². The van der Waals surface area contributed by atoms with Crippen LogP contribution in [0.1, 0.15) is 0 Å². The van der Waals surface area contributed by atoms with E-state index in [1.54, 1.807) is 0 Å². The topological polar surface area (TPSA) is 92.3 Å². The Morgan fingerprint density at radius 3 is 2.14 bits per heavy atom. The first kappa shape index (κ1) is 6.20. The van der Waals surface area contributed by atoms with Crippen LogP contribution in [0.3, 0.4) is 0 Å². The maximum Gasteiger partial charge on any atom is 0.388 e. The molecule has 0 bridgehead atoms. The van der Waals surface area contributed by atoms with Crippen LogP contribution in [0, 0.1) is 11.5 Å². The van der Waals surface area contributed by atoms with Crippen LogP contribution in [0.15, 0.2) is 0 Å². The summed E-state index contributed by atoms with van der Waals surface area (Å²) in [5.74, 6) is 0. The Bertz CT molecular complexity index is 174. The van der Waals surface area contributed by atoms with Crippen molar-refractivity contribution < 1.29 is 13.0 Å². The van der Waals surface area contributed by atoms with Crippen molar-refractivity contribution in [3.05, 3.63) is 0 Å². The Morgan fingerprint density at radius 2 is 2.14 bits per heavy atom. The van der Waals surface area contributed by atoms with E-state index in [0.29, 0.717) is 0 Å². The number of rotatable bonds is 1. The SMILES string of the molecule is N#C[N]S(=O)(=O)O. The molecule has 0 spiro atoms. The molecule has 0 aromatic rings. The standard InChI is InChI=1S/CHN2O3S/c2-1-3-7(4,5)6/h(H,4,5,6). The first-order valence-electron chi connectivity index (χ1n) is 1.15. The summed E-state index contributed by atoms with van der Waals surface area (Å²) in [6.07, 6.45) is 0.895. The first-order chi connectivity index (χ1) is 3.06. The zero-order valence-corrected chi connectivity index (χ0v) is 3.88. The predicted octanol–water partition coefficient (Wildman–Crippen LogP) is -1.13. The Balaban J connectivity index is 3.92. The van der Waals surface area contributed by atoms with E-state index in [2.05, 4.69) is 4.72 Å². The van der Waals surface area contributed by atoms with Gasteiger partial charge in [-0.05, 0) is 0 Å². The Labute approximate surface area is 40.4 Å². The largest absolute Gasteiger partial charge is 0.388 e. The molecule has 0 aliphatic carbocycles. The van der Waals surface area contributed by atoms with E-state index in [4.69, 9.17) is 9.81 Å². The molecule has 0 atom stereocenters. The highest BCUT2D eigenvalue weighted by Crippen LogP contribution is 1.68. The molecule has 0 aliphatic heterocycles. The minimum absolute atomic E-state index is 0.895. The van der Waals surface area contributed by atoms with E-state index in [1.165, 1.54) is 0 Å². The highest BCUT2D eigenvalue weighted by molar-refractivity contribution is 7.83. The highest BCUT2D eigenvalue weighted by Gasteiger charge is 1.99. The highest BCUT2D eigenvalue weighted by atomic mass is 32.2. The number of nitriles is 1. The molecule has 39 valence electrons. The van der Waals surface area contributed by atoms with Gasteiger partial charge < -0.3 is 0 Å². The fraction of sp³-hybridized carbons (Fsp3) is 0. The van der Waals surface area contributed by atoms with Crippen LogP contribution in [-0.4, -0.2) is 13.0 Å². The quantitative estimate of drug-likeness (QED) is 0.351. The van der Waals surface area contributed by atoms with Gasteiger partial charge in [-0.15, -0.1) is 0 Å². The summed E-state index contributed by atoms with van der Waals surface area (Å²) in [4.78, 5) is 0. The third kappa shape index (κ3) is 5.20. The van der Waals surface area contributed by atoms with Gasteiger partial charge in [-0.2, -0.15) is 13.7 Å². The number of hydrogen-bond donors (Lipinski definition) is 1. The van der Waals surface area contributed by atoms with Crippen molar-refractivity contribution in [1.82, 2.24) is 4.72 Å². The molecule has 0 unspecified atom stereocenters. The van der Waals surface area contributed by atoms with Crippen LogP contribution in [-0.2, 0) is 10.3 Å². The third-order valence-corrected chi connectivity index (χ3v) is 0.469. The summed E-state index contributed by atoms with van der Waals surface area (Å²) in [5.41, 5.74) is 0. The van der Waals surface area contributed by atoms with E-state index >= 15 is 0 Å². The maximum atomic E-state index is 9.40. The van der Waals surface area contributed by atoms with Gasteiger partial charge in [0, 0.05) is 0 Å². The van der Waals surface area contributed by atoms with Gasteiger partial charge >= 0.3 is 10.3 Å². The van der Waals surface area contributed by atoms with Crippen LogP contribution in [0.2, 0.25) is 0 Å². The van der Waals surface area contributed by atoms with Crippen molar-refractivity contribution in [1.29, 1.82) is 5.26 Å². The summed E-state index contributed by atoms with van der Waals surface area (Å²) in [6.45, 7) is 0. The van der Waals surface area contributed by atoms with E-state index < -0.39 is 10.3 Å². The van der Waals surface area contributed by atoms with Gasteiger partial charge in [-0.25, -0.2) is 0 Å². The van der Waals surface area contributed by atoms with E-state index in [1.807, 2.05) is 0 Å². The van der Waals surface area contributed by atoms with Crippen molar-refractivity contribution in [3.63, 3.8) is 0 Å². The van der Waals surface area contributed by atoms with Crippen molar-refractivity contribution in [2.45, 2.75) is 0 Å². The molecule has 0 aromatic heterocycles. The van der Waals surface area contributed by atoms with Crippen LogP contribution < -0.4 is 4.72 Å². The van der Waals surface area contributed by atoms with Crippen molar-refractivity contribution in [2.75, 3.05) is 0 Å². The summed E-state index contributed by atoms with van der Waals surface area (Å²) in [7, 11) is -4.41. The molecular weight excluding hydrogens is 120 g/mol. The maximum absolute atomic E-state index is 9.40. The van der Waals surface area contributed by atoms with Crippen LogP contribution in [0.5, 0.6) is 0 Å². The number of nitrogens with zero attached hydrogens (tertiary/aromatic N) is 2. The molecule has 0 saturated carbocycles. The summed E-state index contributed by atoms with van der Waals surface area (Å²) in [6, 6.07) is 0. The third-order valence-electron chi connectivity index (χ3n) is 0.156. The molecule has 0 aliphatic rings. The zero-order chi connectivity index (χ0) is 5.91. The molecule has 1 radical (unpaired) electrons. The van der Waals surface area contributed by atoms with Gasteiger partial charge in [0.05, 0.1) is 0 Å². The van der Waals surface area contributed by atoms with Gasteiger partial charge in [0.1, 0.15) is 0 Å². The molecule has 0 aromatic carbocycles. The lowest BCUT2D eigenvalue weighted by molar-refractivity contribution is 0.476. The summed E-state index contributed by atoms with van der Waals surface area (Å²) >= 11 is 0. The molecule has 6 heteroatoms. The lowest BCUT2D eigenvalue weighted by Crippen LogP contribution is -2.07. The fourth-order valence-corrected chi connectivity index (χ4v) is 0.155. The van der Waals surface area contributed by atoms with Gasteiger partial charge in [-0.1, -0.05) is 4.72 Å². The lowest BCUT2D eigenvalue weighted by atomic mass is 11.5. The first-order valence-corrected chi connectivity index (χ1v) is 2.54. The van der Waals surface area contributed by atoms with Crippen molar-refractivity contribution in [2.24, 2.45) is 0 Å². The molecule has 7 heavy (non-hydrogen) atoms. The minimum Gasteiger partial charge on any atom is -0.267 e. The van der Waals surface area contributed by atoms with Gasteiger partial charge in [-0.3, -0.25) is 4.55 Å². The molecule has 0 heterocycles. The van der Waals surface area contributed by atoms with E-state index in [9.17, 15) is 8.42 Å². The molecular formula is CHN2O3S. The smallest absolute Gasteiger partial charge is 0.267 e. The van der Waals surface area contributed by atoms with Crippen LogP contribution >= 0.6 is 0 Å². The molecule has 0 saturated heterocycles. The normalized spacial score (nSPS) is 9.71. The van der Waals surface area contributed by atoms with E-state index in [-0.39, 0.29) is 0 Å². The Hall–Kier alpha value is -0.800. The summed E-state index contributed by atoms with van der Waals surface area (Å²) in [5, 5.41) is 7.45. The van der Waals surface area contributed by atoms with Crippen molar-refractivity contribution >= 4 is 10.3 Å². The van der Waals surface area contributed by atoms with Crippen LogP contribution in [0.4, 0.5) is 0 Å². The molecule has 0 rings (SSSR count). The molecule has 0 fully saturated rings. The monoisotopic (exact) mass is 121 g/mol. The van der Waals surface area contributed by atoms with Crippen LogP contribution in [0.25, 0.3) is 0 Å². The average molecular weight is 121 g/mol. The summed E-state index contributed by atoms with van der Waals surface area (Å²) < 4.78 is 28.5. The second-order valence-electron chi connectivity index (χ2n) is 0.639. The minimum atomic E-state index is -4.41. The average Bonchev–Trinajstić information content (AvgIpc) is 1.30. The zero-order valence-electron chi connectivity index (χ0n) is 3.07. The Kier molecular flexibility index (Phi) is 1.57. The van der Waals surface area contributed by atoms with Gasteiger partial charge in [0.25, 0.3) is 0 Å². The lowest BCUT2D eigenvalue weighted by Gasteiger charge is -1.77. The number of hydrogen-bond acceptors (Lipinski definition) is 3. The predicted molar refractivity (Wildman–Crippen MR) is 19.3 cm³/mol. The molecule has 0 amide bonds. The second kappa shape index (κ2) is 1.77. The van der Waals surface area contributed by atoms with Gasteiger partial charge in [0.2, 0.25) is 6.19 Å². The fourth-order valence-electron chi connectivity index (χ4n) is 0.0516. The second-order valence-corrected chi connectivity index (χ2v) is 1.72. The van der Waals surface area contributed by atoms with E-state index in [0.717, 1.165) is 6.19 Å². The Morgan fingerprint density at radius 1 is 1.71 bits per heavy atom. The van der Waals surface area contributed by atoms with Gasteiger partial charge in [0.15, 0.2) is 0 Å². The molecule has 5 nitrogen and oxygen atoms in total. The molecule has 1 N–H and O–H groups in total.